The Hall–Kier alpha value is -2.79. The van der Waals surface area contributed by atoms with Crippen LogP contribution in [0.1, 0.15) is 36.6 Å². The normalized spacial score (nSPS) is 17.0. The highest BCUT2D eigenvalue weighted by molar-refractivity contribution is 5.72. The van der Waals surface area contributed by atoms with Crippen molar-refractivity contribution in [3.63, 3.8) is 0 Å². The molecule has 0 aliphatic carbocycles. The zero-order chi connectivity index (χ0) is 18.6. The smallest absolute Gasteiger partial charge is 0.150 e. The molecular formula is C22H25N3O2. The van der Waals surface area contributed by atoms with E-state index in [4.69, 9.17) is 15.2 Å². The number of hydrogen-bond donors (Lipinski definition) is 1. The zero-order valence-electron chi connectivity index (χ0n) is 15.6. The fourth-order valence-corrected chi connectivity index (χ4v) is 3.45. The van der Waals surface area contributed by atoms with E-state index in [-0.39, 0.29) is 6.23 Å². The molecule has 0 spiro atoms. The average Bonchev–Trinajstić information content (AvgIpc) is 3.19. The molecule has 1 unspecified atom stereocenters. The Balaban J connectivity index is 1.56. The van der Waals surface area contributed by atoms with Crippen LogP contribution in [-0.4, -0.2) is 16.4 Å². The first kappa shape index (κ1) is 17.6. The fourth-order valence-electron chi connectivity index (χ4n) is 3.45. The summed E-state index contributed by atoms with van der Waals surface area (Å²) < 4.78 is 13.7. The molecule has 1 aliphatic rings. The summed E-state index contributed by atoms with van der Waals surface area (Å²) in [5, 5.41) is 4.52. The highest BCUT2D eigenvalue weighted by Gasteiger charge is 2.18. The van der Waals surface area contributed by atoms with Gasteiger partial charge in [-0.1, -0.05) is 30.3 Å². The molecule has 0 saturated carbocycles. The quantitative estimate of drug-likeness (QED) is 0.666. The molecule has 5 nitrogen and oxygen atoms in total. The largest absolute Gasteiger partial charge is 0.487 e. The lowest BCUT2D eigenvalue weighted by Gasteiger charge is -2.22. The summed E-state index contributed by atoms with van der Waals surface area (Å²) in [6.07, 6.45) is 7.29. The van der Waals surface area contributed by atoms with Gasteiger partial charge in [-0.15, -0.1) is 0 Å². The number of nitrogens with zero attached hydrogens (tertiary/aromatic N) is 2. The molecule has 5 heteroatoms. The van der Waals surface area contributed by atoms with Crippen molar-refractivity contribution in [1.29, 1.82) is 0 Å². The average molecular weight is 363 g/mol. The fraction of sp³-hybridized carbons (Fsp3) is 0.318. The topological polar surface area (TPSA) is 62.3 Å². The van der Waals surface area contributed by atoms with Crippen molar-refractivity contribution < 1.29 is 9.47 Å². The molecule has 0 bridgehead atoms. The molecule has 1 saturated heterocycles. The number of aromatic nitrogens is 2. The minimum Gasteiger partial charge on any atom is -0.487 e. The van der Waals surface area contributed by atoms with E-state index in [2.05, 4.69) is 18.2 Å². The minimum absolute atomic E-state index is 0.0374. The second-order valence-corrected chi connectivity index (χ2v) is 7.01. The van der Waals surface area contributed by atoms with Gasteiger partial charge in [0.05, 0.1) is 11.9 Å². The first-order valence-electron chi connectivity index (χ1n) is 9.43. The Kier molecular flexibility index (Phi) is 5.12. The van der Waals surface area contributed by atoms with Crippen LogP contribution in [0.2, 0.25) is 0 Å². The maximum atomic E-state index is 6.19. The van der Waals surface area contributed by atoms with Crippen LogP contribution in [0, 0.1) is 6.92 Å². The second kappa shape index (κ2) is 7.84. The maximum absolute atomic E-state index is 6.19. The minimum atomic E-state index is 0.0374. The van der Waals surface area contributed by atoms with Gasteiger partial charge in [-0.3, -0.25) is 0 Å². The number of rotatable bonds is 5. The Morgan fingerprint density at radius 1 is 1.22 bits per heavy atom. The molecule has 1 aliphatic heterocycles. The number of benzene rings is 2. The molecule has 1 atom stereocenters. The van der Waals surface area contributed by atoms with Crippen LogP contribution in [0.15, 0.2) is 54.9 Å². The van der Waals surface area contributed by atoms with E-state index in [1.165, 1.54) is 6.42 Å². The molecule has 3 aromatic rings. The lowest BCUT2D eigenvalue weighted by Crippen LogP contribution is -2.18. The van der Waals surface area contributed by atoms with Crippen molar-refractivity contribution in [3.8, 4) is 16.9 Å². The summed E-state index contributed by atoms with van der Waals surface area (Å²) in [5.74, 6) is 0.695. The van der Waals surface area contributed by atoms with Crippen LogP contribution in [-0.2, 0) is 11.3 Å². The molecule has 1 fully saturated rings. The van der Waals surface area contributed by atoms with Gasteiger partial charge in [0, 0.05) is 18.4 Å². The molecule has 0 radical (unpaired) electrons. The number of nitrogens with two attached hydrogens (primary N) is 1. The zero-order valence-corrected chi connectivity index (χ0v) is 15.6. The third-order valence-corrected chi connectivity index (χ3v) is 4.96. The van der Waals surface area contributed by atoms with Crippen molar-refractivity contribution in [3.05, 3.63) is 66.0 Å². The van der Waals surface area contributed by atoms with E-state index in [0.717, 1.165) is 41.7 Å². The lowest BCUT2D eigenvalue weighted by atomic mass is 10.0. The van der Waals surface area contributed by atoms with E-state index in [9.17, 15) is 0 Å². The number of aryl methyl sites for hydroxylation is 1. The number of nitrogen functional groups attached to an aromatic ring is 1. The molecule has 1 aromatic heterocycles. The first-order chi connectivity index (χ1) is 13.2. The van der Waals surface area contributed by atoms with Crippen LogP contribution in [0.3, 0.4) is 0 Å². The van der Waals surface area contributed by atoms with Gasteiger partial charge in [-0.25, -0.2) is 4.68 Å². The van der Waals surface area contributed by atoms with Crippen molar-refractivity contribution >= 4 is 5.69 Å². The summed E-state index contributed by atoms with van der Waals surface area (Å²) in [7, 11) is 0. The molecule has 2 N–H and O–H groups in total. The predicted molar refractivity (Wildman–Crippen MR) is 106 cm³/mol. The SMILES string of the molecule is Cc1cc(N)c(OCc2ccccc2)cc1-c1cnn(C2CCCCO2)c1. The van der Waals surface area contributed by atoms with Gasteiger partial charge in [-0.2, -0.15) is 5.10 Å². The molecule has 2 aromatic carbocycles. The molecule has 27 heavy (non-hydrogen) atoms. The lowest BCUT2D eigenvalue weighted by molar-refractivity contribution is -0.0394. The van der Waals surface area contributed by atoms with Crippen LogP contribution in [0.4, 0.5) is 5.69 Å². The van der Waals surface area contributed by atoms with Crippen LogP contribution < -0.4 is 10.5 Å². The van der Waals surface area contributed by atoms with E-state index in [1.54, 1.807) is 0 Å². The van der Waals surface area contributed by atoms with Crippen molar-refractivity contribution in [2.24, 2.45) is 0 Å². The van der Waals surface area contributed by atoms with E-state index in [0.29, 0.717) is 18.0 Å². The van der Waals surface area contributed by atoms with Gasteiger partial charge in [0.1, 0.15) is 18.6 Å². The van der Waals surface area contributed by atoms with E-state index >= 15 is 0 Å². The first-order valence-corrected chi connectivity index (χ1v) is 9.43. The summed E-state index contributed by atoms with van der Waals surface area (Å²) in [6.45, 7) is 3.35. The van der Waals surface area contributed by atoms with E-state index < -0.39 is 0 Å². The second-order valence-electron chi connectivity index (χ2n) is 7.01. The summed E-state index contributed by atoms with van der Waals surface area (Å²) in [4.78, 5) is 0. The number of ether oxygens (including phenoxy) is 2. The predicted octanol–water partition coefficient (Wildman–Crippen LogP) is 4.72. The maximum Gasteiger partial charge on any atom is 0.150 e. The third-order valence-electron chi connectivity index (χ3n) is 4.96. The van der Waals surface area contributed by atoms with Gasteiger partial charge in [0.2, 0.25) is 0 Å². The Bertz CT molecular complexity index is 899. The van der Waals surface area contributed by atoms with Crippen LogP contribution in [0.25, 0.3) is 11.1 Å². The standard InChI is InChI=1S/C22H25N3O2/c1-16-11-20(23)21(27-15-17-7-3-2-4-8-17)12-19(16)18-13-24-25(14-18)22-9-5-6-10-26-22/h2-4,7-8,11-14,22H,5-6,9-10,15,23H2,1H3. The summed E-state index contributed by atoms with van der Waals surface area (Å²) >= 11 is 0. The van der Waals surface area contributed by atoms with Crippen molar-refractivity contribution in [2.75, 3.05) is 12.3 Å². The molecular weight excluding hydrogens is 338 g/mol. The summed E-state index contributed by atoms with van der Waals surface area (Å²) in [6, 6.07) is 14.1. The van der Waals surface area contributed by atoms with Gasteiger partial charge in [-0.05, 0) is 55.0 Å². The van der Waals surface area contributed by atoms with E-state index in [1.807, 2.05) is 53.3 Å². The number of hydrogen-bond acceptors (Lipinski definition) is 4. The Morgan fingerprint density at radius 2 is 2.07 bits per heavy atom. The molecule has 2 heterocycles. The summed E-state index contributed by atoms with van der Waals surface area (Å²) in [5.41, 5.74) is 11.2. The monoisotopic (exact) mass is 363 g/mol. The Morgan fingerprint density at radius 3 is 2.85 bits per heavy atom. The van der Waals surface area contributed by atoms with Crippen LogP contribution in [0.5, 0.6) is 5.75 Å². The van der Waals surface area contributed by atoms with Gasteiger partial charge < -0.3 is 15.2 Å². The molecule has 140 valence electrons. The number of anilines is 1. The highest BCUT2D eigenvalue weighted by atomic mass is 16.5. The molecule has 4 rings (SSSR count). The van der Waals surface area contributed by atoms with Gasteiger partial charge >= 0.3 is 0 Å². The van der Waals surface area contributed by atoms with Crippen LogP contribution >= 0.6 is 0 Å². The van der Waals surface area contributed by atoms with Gasteiger partial charge in [0.15, 0.2) is 0 Å². The van der Waals surface area contributed by atoms with Gasteiger partial charge in [0.25, 0.3) is 0 Å². The third kappa shape index (κ3) is 3.98. The van der Waals surface area contributed by atoms with Crippen molar-refractivity contribution in [2.45, 2.75) is 39.0 Å². The van der Waals surface area contributed by atoms with Crippen molar-refractivity contribution in [1.82, 2.24) is 9.78 Å². The highest BCUT2D eigenvalue weighted by Crippen LogP contribution is 2.33. The molecule has 0 amide bonds. The Labute approximate surface area is 159 Å².